The molecule has 0 N–H and O–H groups in total. The highest BCUT2D eigenvalue weighted by molar-refractivity contribution is 5.78. The Bertz CT molecular complexity index is 1330. The number of rotatable bonds is 4. The van der Waals surface area contributed by atoms with E-state index in [2.05, 4.69) is 30.0 Å². The maximum Gasteiger partial charge on any atom is 0.332 e. The molecule has 144 valence electrons. The van der Waals surface area contributed by atoms with Crippen LogP contribution in [0.3, 0.4) is 0 Å². The van der Waals surface area contributed by atoms with Crippen molar-refractivity contribution < 1.29 is 0 Å². The maximum absolute atomic E-state index is 13.2. The lowest BCUT2D eigenvalue weighted by atomic mass is 10.1. The Labute approximate surface area is 161 Å². The smallest absolute Gasteiger partial charge is 0.307 e. The summed E-state index contributed by atoms with van der Waals surface area (Å²) in [5.41, 5.74) is 2.80. The number of benzene rings is 1. The molecule has 0 saturated carbocycles. The quantitative estimate of drug-likeness (QED) is 0.514. The lowest BCUT2D eigenvalue weighted by Gasteiger charge is -2.12. The van der Waals surface area contributed by atoms with E-state index in [1.807, 2.05) is 36.5 Å². The lowest BCUT2D eigenvalue weighted by Crippen LogP contribution is -2.39. The van der Waals surface area contributed by atoms with Crippen LogP contribution in [0.1, 0.15) is 26.8 Å². The van der Waals surface area contributed by atoms with Crippen molar-refractivity contribution in [3.05, 3.63) is 69.5 Å². The second kappa shape index (κ2) is 6.37. The van der Waals surface area contributed by atoms with Gasteiger partial charge in [-0.05, 0) is 26.3 Å². The number of aromatic nitrogens is 5. The van der Waals surface area contributed by atoms with Crippen LogP contribution in [0.5, 0.6) is 0 Å². The first-order chi connectivity index (χ1) is 13.3. The van der Waals surface area contributed by atoms with E-state index in [4.69, 9.17) is 0 Å². The van der Waals surface area contributed by atoms with Crippen molar-refractivity contribution in [2.45, 2.75) is 33.4 Å². The van der Waals surface area contributed by atoms with Gasteiger partial charge in [0.25, 0.3) is 5.56 Å². The molecule has 7 nitrogen and oxygen atoms in total. The monoisotopic (exact) mass is 377 g/mol. The summed E-state index contributed by atoms with van der Waals surface area (Å²) in [7, 11) is 1.64. The second-order valence-electron chi connectivity index (χ2n) is 7.49. The Morgan fingerprint density at radius 2 is 1.86 bits per heavy atom. The summed E-state index contributed by atoms with van der Waals surface area (Å²) in [5.74, 6) is 0.643. The van der Waals surface area contributed by atoms with Gasteiger partial charge in [-0.25, -0.2) is 4.79 Å². The van der Waals surface area contributed by atoms with E-state index in [-0.39, 0.29) is 23.8 Å². The molecule has 28 heavy (non-hydrogen) atoms. The van der Waals surface area contributed by atoms with Crippen LogP contribution in [0.15, 0.2) is 58.3 Å². The summed E-state index contributed by atoms with van der Waals surface area (Å²) >= 11 is 0. The minimum Gasteiger partial charge on any atom is -0.307 e. The largest absolute Gasteiger partial charge is 0.332 e. The molecule has 0 fully saturated rings. The van der Waals surface area contributed by atoms with Crippen LogP contribution in [-0.2, 0) is 13.6 Å². The van der Waals surface area contributed by atoms with Crippen molar-refractivity contribution in [3.8, 4) is 11.3 Å². The Morgan fingerprint density at radius 3 is 2.46 bits per heavy atom. The molecular formula is C21H23N5O2. The first kappa shape index (κ1) is 18.0. The van der Waals surface area contributed by atoms with Crippen LogP contribution in [0, 0.1) is 0 Å². The Hall–Kier alpha value is -3.35. The summed E-state index contributed by atoms with van der Waals surface area (Å²) in [6.45, 7) is 9.97. The van der Waals surface area contributed by atoms with Gasteiger partial charge in [0.2, 0.25) is 5.78 Å². The number of allylic oxidation sites excluding steroid dienone is 1. The molecular weight excluding hydrogens is 354 g/mol. The van der Waals surface area contributed by atoms with Gasteiger partial charge in [-0.15, -0.1) is 0 Å². The fourth-order valence-electron chi connectivity index (χ4n) is 3.65. The van der Waals surface area contributed by atoms with Gasteiger partial charge in [0.05, 0.1) is 12.2 Å². The van der Waals surface area contributed by atoms with E-state index in [1.165, 1.54) is 9.13 Å². The van der Waals surface area contributed by atoms with Gasteiger partial charge < -0.3 is 4.57 Å². The molecule has 0 aliphatic carbocycles. The number of nitrogens with zero attached hydrogens (tertiary/aromatic N) is 5. The zero-order valence-electron chi connectivity index (χ0n) is 16.5. The molecule has 3 heterocycles. The van der Waals surface area contributed by atoms with E-state index in [1.54, 1.807) is 18.4 Å². The van der Waals surface area contributed by atoms with Gasteiger partial charge in [-0.3, -0.25) is 18.3 Å². The van der Waals surface area contributed by atoms with Gasteiger partial charge in [0, 0.05) is 19.3 Å². The fourth-order valence-corrected chi connectivity index (χ4v) is 3.65. The van der Waals surface area contributed by atoms with E-state index in [9.17, 15) is 9.59 Å². The standard InChI is InChI=1S/C21H23N5O2/c1-13(2)11-25-19(27)17-18(23(5)21(25)28)22-20-24(17)12-16(26(20)14(3)4)15-9-7-6-8-10-15/h6-10,12,14H,1,11H2,2-5H3. The third kappa shape index (κ3) is 2.54. The van der Waals surface area contributed by atoms with Crippen LogP contribution in [0.25, 0.3) is 28.2 Å². The van der Waals surface area contributed by atoms with E-state index < -0.39 is 0 Å². The van der Waals surface area contributed by atoms with Crippen LogP contribution >= 0.6 is 0 Å². The molecule has 0 atom stereocenters. The van der Waals surface area contributed by atoms with Crippen LogP contribution < -0.4 is 11.2 Å². The minimum absolute atomic E-state index is 0.124. The van der Waals surface area contributed by atoms with Crippen LogP contribution in [-0.4, -0.2) is 23.1 Å². The molecule has 3 aromatic heterocycles. The Kier molecular flexibility index (Phi) is 4.10. The van der Waals surface area contributed by atoms with Gasteiger partial charge in [-0.1, -0.05) is 42.5 Å². The van der Waals surface area contributed by atoms with Crippen molar-refractivity contribution in [2.24, 2.45) is 7.05 Å². The second-order valence-corrected chi connectivity index (χ2v) is 7.49. The number of imidazole rings is 2. The predicted octanol–water partition coefficient (Wildman–Crippen LogP) is 2.97. The molecule has 0 radical (unpaired) electrons. The molecule has 0 unspecified atom stereocenters. The predicted molar refractivity (Wildman–Crippen MR) is 111 cm³/mol. The summed E-state index contributed by atoms with van der Waals surface area (Å²) in [6, 6.07) is 10.1. The fraction of sp³-hybridized carbons (Fsp3) is 0.286. The topological polar surface area (TPSA) is 66.2 Å². The number of hydrogen-bond acceptors (Lipinski definition) is 3. The van der Waals surface area contributed by atoms with Crippen molar-refractivity contribution in [1.82, 2.24) is 23.1 Å². The minimum atomic E-state index is -0.388. The molecule has 0 aliphatic heterocycles. The summed E-state index contributed by atoms with van der Waals surface area (Å²) in [5, 5.41) is 0. The van der Waals surface area contributed by atoms with Crippen molar-refractivity contribution >= 4 is 16.9 Å². The first-order valence-electron chi connectivity index (χ1n) is 9.24. The highest BCUT2D eigenvalue weighted by Crippen LogP contribution is 2.28. The van der Waals surface area contributed by atoms with E-state index in [0.717, 1.165) is 16.8 Å². The molecule has 4 rings (SSSR count). The Balaban J connectivity index is 2.15. The highest BCUT2D eigenvalue weighted by Gasteiger charge is 2.22. The van der Waals surface area contributed by atoms with Gasteiger partial charge in [-0.2, -0.15) is 4.98 Å². The number of aryl methyl sites for hydroxylation is 1. The highest BCUT2D eigenvalue weighted by atomic mass is 16.2. The van der Waals surface area contributed by atoms with Gasteiger partial charge in [0.1, 0.15) is 0 Å². The van der Waals surface area contributed by atoms with Crippen molar-refractivity contribution in [1.29, 1.82) is 0 Å². The molecule has 0 amide bonds. The lowest BCUT2D eigenvalue weighted by molar-refractivity contribution is 0.620. The zero-order valence-corrected chi connectivity index (χ0v) is 16.5. The zero-order chi connectivity index (χ0) is 20.2. The average molecular weight is 377 g/mol. The summed E-state index contributed by atoms with van der Waals surface area (Å²) in [4.78, 5) is 30.5. The molecule has 0 aliphatic rings. The van der Waals surface area contributed by atoms with E-state index >= 15 is 0 Å². The maximum atomic E-state index is 13.2. The summed E-state index contributed by atoms with van der Waals surface area (Å²) < 4.78 is 6.53. The summed E-state index contributed by atoms with van der Waals surface area (Å²) in [6.07, 6.45) is 1.93. The molecule has 1 aromatic carbocycles. The van der Waals surface area contributed by atoms with Gasteiger partial charge in [0.15, 0.2) is 11.2 Å². The van der Waals surface area contributed by atoms with E-state index in [0.29, 0.717) is 16.9 Å². The number of fused-ring (bicyclic) bond motifs is 3. The number of hydrogen-bond donors (Lipinski definition) is 0. The third-order valence-electron chi connectivity index (χ3n) is 4.90. The first-order valence-corrected chi connectivity index (χ1v) is 9.24. The van der Waals surface area contributed by atoms with Crippen molar-refractivity contribution in [2.75, 3.05) is 0 Å². The van der Waals surface area contributed by atoms with Crippen LogP contribution in [0.4, 0.5) is 0 Å². The SMILES string of the molecule is C=C(C)Cn1c(=O)c2c(nc3n(C(C)C)c(-c4ccccc4)cn23)n(C)c1=O. The molecule has 7 heteroatoms. The Morgan fingerprint density at radius 1 is 1.18 bits per heavy atom. The average Bonchev–Trinajstić information content (AvgIpc) is 3.20. The molecule has 0 spiro atoms. The molecule has 0 bridgehead atoms. The molecule has 4 aromatic rings. The third-order valence-corrected chi connectivity index (χ3v) is 4.90. The molecule has 0 saturated heterocycles. The van der Waals surface area contributed by atoms with Crippen molar-refractivity contribution in [3.63, 3.8) is 0 Å². The van der Waals surface area contributed by atoms with Gasteiger partial charge >= 0.3 is 5.69 Å². The van der Waals surface area contributed by atoms with Crippen LogP contribution in [0.2, 0.25) is 0 Å². The normalized spacial score (nSPS) is 11.8.